The molecule has 0 aliphatic carbocycles. The summed E-state index contributed by atoms with van der Waals surface area (Å²) in [6.45, 7) is 0. The van der Waals surface area contributed by atoms with Gasteiger partial charge in [0.25, 0.3) is 0 Å². The highest BCUT2D eigenvalue weighted by Gasteiger charge is 1.83. The Hall–Kier alpha value is -1.23. The molecule has 0 aliphatic heterocycles. The zero-order valence-corrected chi connectivity index (χ0v) is 5.71. The van der Waals surface area contributed by atoms with Crippen molar-refractivity contribution in [3.8, 4) is 12.3 Å². The molecule has 0 heterocycles. The van der Waals surface area contributed by atoms with Gasteiger partial charge in [-0.2, -0.15) is 0 Å². The van der Waals surface area contributed by atoms with E-state index in [1.165, 1.54) is 0 Å². The van der Waals surface area contributed by atoms with E-state index in [0.717, 1.165) is 18.9 Å². The Labute approximate surface area is 60.6 Å². The molecule has 0 saturated heterocycles. The van der Waals surface area contributed by atoms with Crippen LogP contribution in [0.2, 0.25) is 0 Å². The van der Waals surface area contributed by atoms with Gasteiger partial charge in [0.05, 0.1) is 0 Å². The number of rotatable bonds is 4. The highest BCUT2D eigenvalue weighted by Crippen LogP contribution is 1.94. The summed E-state index contributed by atoms with van der Waals surface area (Å²) in [5.41, 5.74) is 0. The lowest BCUT2D eigenvalue weighted by molar-refractivity contribution is -0.131. The smallest absolute Gasteiger partial charge is 0.327 e. The summed E-state index contributed by atoms with van der Waals surface area (Å²) >= 11 is 0. The Morgan fingerprint density at radius 2 is 2.40 bits per heavy atom. The van der Waals surface area contributed by atoms with Gasteiger partial charge in [-0.15, -0.1) is 12.3 Å². The molecule has 0 aromatic carbocycles. The number of carboxylic acids is 1. The Morgan fingerprint density at radius 1 is 1.70 bits per heavy atom. The molecule has 10 heavy (non-hydrogen) atoms. The van der Waals surface area contributed by atoms with Gasteiger partial charge in [-0.3, -0.25) is 0 Å². The number of aliphatic carboxylic acids is 1. The van der Waals surface area contributed by atoms with Crippen molar-refractivity contribution in [1.82, 2.24) is 0 Å². The maximum atomic E-state index is 9.90. The molecule has 1 N–H and O–H groups in total. The minimum atomic E-state index is -0.902. The number of carbonyl (C=O) groups is 1. The number of unbranched alkanes of at least 4 members (excludes halogenated alkanes) is 2. The summed E-state index contributed by atoms with van der Waals surface area (Å²) in [6, 6.07) is 0. The van der Waals surface area contributed by atoms with Crippen molar-refractivity contribution in [3.05, 3.63) is 12.2 Å². The molecule has 0 saturated carbocycles. The number of carboxylic acid groups (broad SMARTS) is 1. The molecule has 0 aromatic heterocycles. The average Bonchev–Trinajstić information content (AvgIpc) is 1.87. The maximum Gasteiger partial charge on any atom is 0.327 e. The van der Waals surface area contributed by atoms with E-state index in [4.69, 9.17) is 11.5 Å². The van der Waals surface area contributed by atoms with Gasteiger partial charge in [-0.25, -0.2) is 4.79 Å². The molecule has 0 unspecified atom stereocenters. The largest absolute Gasteiger partial charge is 0.478 e. The van der Waals surface area contributed by atoms with Crippen molar-refractivity contribution in [2.75, 3.05) is 0 Å². The molecule has 0 aromatic rings. The van der Waals surface area contributed by atoms with Crippen LogP contribution < -0.4 is 0 Å². The van der Waals surface area contributed by atoms with Crippen molar-refractivity contribution in [3.63, 3.8) is 0 Å². The number of terminal acetylenes is 1. The van der Waals surface area contributed by atoms with Crippen LogP contribution in [-0.4, -0.2) is 11.1 Å². The number of allylic oxidation sites excluding steroid dienone is 1. The average molecular weight is 138 g/mol. The quantitative estimate of drug-likeness (QED) is 0.362. The van der Waals surface area contributed by atoms with Crippen LogP contribution >= 0.6 is 0 Å². The lowest BCUT2D eigenvalue weighted by atomic mass is 10.2. The Balaban J connectivity index is 3.20. The summed E-state index contributed by atoms with van der Waals surface area (Å²) in [5, 5.41) is 8.14. The van der Waals surface area contributed by atoms with Crippen LogP contribution in [0.15, 0.2) is 12.2 Å². The van der Waals surface area contributed by atoms with Crippen LogP contribution in [0.5, 0.6) is 0 Å². The van der Waals surface area contributed by atoms with Gasteiger partial charge < -0.3 is 5.11 Å². The molecule has 0 aliphatic rings. The van der Waals surface area contributed by atoms with Crippen molar-refractivity contribution >= 4 is 5.97 Å². The first-order chi connectivity index (χ1) is 4.77. The van der Waals surface area contributed by atoms with Crippen LogP contribution in [0.4, 0.5) is 0 Å². The number of hydrogen-bond donors (Lipinski definition) is 1. The van der Waals surface area contributed by atoms with Crippen LogP contribution in [-0.2, 0) is 4.79 Å². The van der Waals surface area contributed by atoms with Crippen molar-refractivity contribution < 1.29 is 9.90 Å². The highest BCUT2D eigenvalue weighted by atomic mass is 16.4. The van der Waals surface area contributed by atoms with E-state index < -0.39 is 5.97 Å². The minimum absolute atomic E-state index is 0.712. The predicted molar refractivity (Wildman–Crippen MR) is 39.5 cm³/mol. The molecule has 0 bridgehead atoms. The van der Waals surface area contributed by atoms with Crippen molar-refractivity contribution in [2.24, 2.45) is 0 Å². The van der Waals surface area contributed by atoms with Gasteiger partial charge in [0.2, 0.25) is 0 Å². The fourth-order valence-electron chi connectivity index (χ4n) is 0.506. The molecule has 0 radical (unpaired) electrons. The lowest BCUT2D eigenvalue weighted by Gasteiger charge is -1.85. The monoisotopic (exact) mass is 138 g/mol. The van der Waals surface area contributed by atoms with E-state index >= 15 is 0 Å². The predicted octanol–water partition coefficient (Wildman–Crippen LogP) is 1.43. The molecule has 2 heteroatoms. The third-order valence-corrected chi connectivity index (χ3v) is 0.952. The molecule has 54 valence electrons. The fourth-order valence-corrected chi connectivity index (χ4v) is 0.506. The van der Waals surface area contributed by atoms with E-state index in [-0.39, 0.29) is 0 Å². The van der Waals surface area contributed by atoms with Crippen LogP contribution in [0.3, 0.4) is 0 Å². The first kappa shape index (κ1) is 8.77. The SMILES string of the molecule is C#CCCC/C=C/C(=O)O. The normalized spacial score (nSPS) is 9.50. The maximum absolute atomic E-state index is 9.90. The van der Waals surface area contributed by atoms with Crippen molar-refractivity contribution in [2.45, 2.75) is 19.3 Å². The highest BCUT2D eigenvalue weighted by molar-refractivity contribution is 5.79. The van der Waals surface area contributed by atoms with Gasteiger partial charge in [0, 0.05) is 12.5 Å². The van der Waals surface area contributed by atoms with Gasteiger partial charge in [-0.05, 0) is 12.8 Å². The first-order valence-corrected chi connectivity index (χ1v) is 3.10. The van der Waals surface area contributed by atoms with E-state index in [2.05, 4.69) is 5.92 Å². The van der Waals surface area contributed by atoms with Crippen LogP contribution in [0.1, 0.15) is 19.3 Å². The summed E-state index contributed by atoms with van der Waals surface area (Å²) in [5.74, 6) is 1.57. The summed E-state index contributed by atoms with van der Waals surface area (Å²) in [7, 11) is 0. The molecule has 2 nitrogen and oxygen atoms in total. The van der Waals surface area contributed by atoms with E-state index in [9.17, 15) is 4.79 Å². The van der Waals surface area contributed by atoms with Gasteiger partial charge >= 0.3 is 5.97 Å². The standard InChI is InChI=1S/C8H10O2/c1-2-3-4-5-6-7-8(9)10/h1,6-7H,3-5H2,(H,9,10)/b7-6+. The van der Waals surface area contributed by atoms with Gasteiger partial charge in [0.15, 0.2) is 0 Å². The Morgan fingerprint density at radius 3 is 2.90 bits per heavy atom. The van der Waals surface area contributed by atoms with E-state index in [1.807, 2.05) is 0 Å². The van der Waals surface area contributed by atoms with E-state index in [0.29, 0.717) is 6.42 Å². The molecule has 0 amide bonds. The molecule has 0 fully saturated rings. The van der Waals surface area contributed by atoms with Crippen LogP contribution in [0, 0.1) is 12.3 Å². The zero-order chi connectivity index (χ0) is 7.82. The molecular formula is C8H10O2. The summed E-state index contributed by atoms with van der Waals surface area (Å²) in [4.78, 5) is 9.90. The third kappa shape index (κ3) is 6.77. The zero-order valence-electron chi connectivity index (χ0n) is 5.71. The summed E-state index contributed by atoms with van der Waals surface area (Å²) < 4.78 is 0. The molecule has 0 atom stereocenters. The topological polar surface area (TPSA) is 37.3 Å². The third-order valence-electron chi connectivity index (χ3n) is 0.952. The second kappa shape index (κ2) is 5.90. The molecule has 0 spiro atoms. The molecular weight excluding hydrogens is 128 g/mol. The minimum Gasteiger partial charge on any atom is -0.478 e. The van der Waals surface area contributed by atoms with Crippen LogP contribution in [0.25, 0.3) is 0 Å². The second-order valence-electron chi connectivity index (χ2n) is 1.84. The summed E-state index contributed by atoms with van der Waals surface area (Å²) in [6.07, 6.45) is 10.0. The van der Waals surface area contributed by atoms with Crippen molar-refractivity contribution in [1.29, 1.82) is 0 Å². The first-order valence-electron chi connectivity index (χ1n) is 3.10. The Bertz CT molecular complexity index is 163. The van der Waals surface area contributed by atoms with E-state index in [1.54, 1.807) is 6.08 Å². The lowest BCUT2D eigenvalue weighted by Crippen LogP contribution is -1.85. The van der Waals surface area contributed by atoms with Gasteiger partial charge in [0.1, 0.15) is 0 Å². The second-order valence-corrected chi connectivity index (χ2v) is 1.84. The molecule has 0 rings (SSSR count). The number of hydrogen-bond acceptors (Lipinski definition) is 1. The fraction of sp³-hybridized carbons (Fsp3) is 0.375. The Kier molecular flexibility index (Phi) is 5.17. The van der Waals surface area contributed by atoms with Gasteiger partial charge in [-0.1, -0.05) is 6.08 Å².